The molecule has 1 heterocycles. The highest BCUT2D eigenvalue weighted by Gasteiger charge is 2.24. The Hall–Kier alpha value is -1.54. The van der Waals surface area contributed by atoms with Crippen molar-refractivity contribution in [3.05, 3.63) is 17.9 Å². The van der Waals surface area contributed by atoms with Crippen molar-refractivity contribution in [3.63, 3.8) is 0 Å². The SMILES string of the molecule is C=C=C(COC(C)=O)[C@@H]1CCC(=O)N1. The van der Waals surface area contributed by atoms with Crippen LogP contribution in [-0.2, 0) is 14.3 Å². The number of hydrogen-bond donors (Lipinski definition) is 1. The number of nitrogens with one attached hydrogen (secondary N) is 1. The number of hydrogen-bond acceptors (Lipinski definition) is 3. The van der Waals surface area contributed by atoms with Crippen LogP contribution < -0.4 is 5.32 Å². The molecule has 0 aromatic rings. The van der Waals surface area contributed by atoms with Crippen LogP contribution in [-0.4, -0.2) is 24.5 Å². The van der Waals surface area contributed by atoms with Crippen molar-refractivity contribution in [2.24, 2.45) is 0 Å². The third-order valence-corrected chi connectivity index (χ3v) is 2.07. The predicted octanol–water partition coefficient (Wildman–Crippen LogP) is 0.539. The van der Waals surface area contributed by atoms with Crippen LogP contribution in [0.4, 0.5) is 0 Å². The zero-order valence-corrected chi connectivity index (χ0v) is 8.13. The molecule has 1 saturated heterocycles. The summed E-state index contributed by atoms with van der Waals surface area (Å²) in [5.41, 5.74) is 3.42. The molecule has 14 heavy (non-hydrogen) atoms. The minimum absolute atomic E-state index is 0.0191. The smallest absolute Gasteiger partial charge is 0.302 e. The van der Waals surface area contributed by atoms with Gasteiger partial charge in [0.05, 0.1) is 6.04 Å². The Labute approximate surface area is 82.6 Å². The van der Waals surface area contributed by atoms with E-state index in [1.807, 2.05) is 0 Å². The van der Waals surface area contributed by atoms with Crippen LogP contribution in [0.3, 0.4) is 0 Å². The quantitative estimate of drug-likeness (QED) is 0.528. The van der Waals surface area contributed by atoms with E-state index in [2.05, 4.69) is 17.6 Å². The summed E-state index contributed by atoms with van der Waals surface area (Å²) in [4.78, 5) is 21.5. The zero-order valence-electron chi connectivity index (χ0n) is 8.13. The first-order valence-electron chi connectivity index (χ1n) is 4.45. The molecule has 0 unspecified atom stereocenters. The van der Waals surface area contributed by atoms with Crippen LogP contribution in [0.1, 0.15) is 19.8 Å². The lowest BCUT2D eigenvalue weighted by Crippen LogP contribution is -2.28. The van der Waals surface area contributed by atoms with Crippen molar-refractivity contribution in [1.82, 2.24) is 5.32 Å². The number of ether oxygens (including phenoxy) is 1. The van der Waals surface area contributed by atoms with Crippen LogP contribution in [0.2, 0.25) is 0 Å². The summed E-state index contributed by atoms with van der Waals surface area (Å²) < 4.78 is 4.81. The fourth-order valence-electron chi connectivity index (χ4n) is 1.33. The molecule has 1 rings (SSSR count). The van der Waals surface area contributed by atoms with Crippen molar-refractivity contribution < 1.29 is 14.3 Å². The monoisotopic (exact) mass is 195 g/mol. The molecule has 1 aliphatic rings. The predicted molar refractivity (Wildman–Crippen MR) is 50.5 cm³/mol. The minimum Gasteiger partial charge on any atom is -0.461 e. The Morgan fingerprint density at radius 1 is 1.79 bits per heavy atom. The maximum Gasteiger partial charge on any atom is 0.302 e. The van der Waals surface area contributed by atoms with Gasteiger partial charge in [-0.2, -0.15) is 0 Å². The summed E-state index contributed by atoms with van der Waals surface area (Å²) >= 11 is 0. The van der Waals surface area contributed by atoms with E-state index in [1.54, 1.807) is 0 Å². The lowest BCUT2D eigenvalue weighted by Gasteiger charge is -2.12. The van der Waals surface area contributed by atoms with E-state index in [-0.39, 0.29) is 24.5 Å². The van der Waals surface area contributed by atoms with E-state index in [1.165, 1.54) is 6.92 Å². The van der Waals surface area contributed by atoms with Crippen LogP contribution in [0.25, 0.3) is 0 Å². The molecular formula is C10H13NO3. The van der Waals surface area contributed by atoms with Crippen molar-refractivity contribution in [2.45, 2.75) is 25.8 Å². The van der Waals surface area contributed by atoms with Gasteiger partial charge in [-0.1, -0.05) is 6.58 Å². The number of amides is 1. The maximum absolute atomic E-state index is 10.9. The molecule has 0 spiro atoms. The first-order valence-corrected chi connectivity index (χ1v) is 4.45. The van der Waals surface area contributed by atoms with Crippen molar-refractivity contribution >= 4 is 11.9 Å². The summed E-state index contributed by atoms with van der Waals surface area (Å²) in [6, 6.07) is -0.0700. The van der Waals surface area contributed by atoms with Crippen LogP contribution in [0.5, 0.6) is 0 Å². The van der Waals surface area contributed by atoms with E-state index in [0.717, 1.165) is 12.0 Å². The number of carbonyl (C=O) groups excluding carboxylic acids is 2. The van der Waals surface area contributed by atoms with Gasteiger partial charge in [0.15, 0.2) is 0 Å². The number of esters is 1. The topological polar surface area (TPSA) is 55.4 Å². The van der Waals surface area contributed by atoms with Gasteiger partial charge in [0, 0.05) is 18.9 Å². The molecule has 0 saturated carbocycles. The molecule has 1 atom stereocenters. The third-order valence-electron chi connectivity index (χ3n) is 2.07. The largest absolute Gasteiger partial charge is 0.461 e. The summed E-state index contributed by atoms with van der Waals surface area (Å²) in [6.45, 7) is 5.00. The Balaban J connectivity index is 2.51. The fourth-order valence-corrected chi connectivity index (χ4v) is 1.33. The van der Waals surface area contributed by atoms with Gasteiger partial charge >= 0.3 is 5.97 Å². The van der Waals surface area contributed by atoms with E-state index in [4.69, 9.17) is 4.74 Å². The van der Waals surface area contributed by atoms with E-state index >= 15 is 0 Å². The number of carbonyl (C=O) groups is 2. The molecular weight excluding hydrogens is 182 g/mol. The van der Waals surface area contributed by atoms with Crippen molar-refractivity contribution in [2.75, 3.05) is 6.61 Å². The molecule has 4 nitrogen and oxygen atoms in total. The van der Waals surface area contributed by atoms with Crippen LogP contribution >= 0.6 is 0 Å². The second kappa shape index (κ2) is 4.63. The molecule has 0 aromatic carbocycles. The van der Waals surface area contributed by atoms with Crippen LogP contribution in [0.15, 0.2) is 17.9 Å². The molecule has 0 radical (unpaired) electrons. The highest BCUT2D eigenvalue weighted by atomic mass is 16.5. The Morgan fingerprint density at radius 3 is 2.93 bits per heavy atom. The highest BCUT2D eigenvalue weighted by molar-refractivity contribution is 5.79. The average Bonchev–Trinajstić information content (AvgIpc) is 2.53. The molecule has 4 heteroatoms. The van der Waals surface area contributed by atoms with Crippen molar-refractivity contribution in [1.29, 1.82) is 0 Å². The lowest BCUT2D eigenvalue weighted by molar-refractivity contribution is -0.140. The average molecular weight is 195 g/mol. The molecule has 1 aliphatic heterocycles. The Bertz CT molecular complexity index is 302. The van der Waals surface area contributed by atoms with E-state index in [0.29, 0.717) is 6.42 Å². The summed E-state index contributed by atoms with van der Waals surface area (Å²) in [7, 11) is 0. The second-order valence-electron chi connectivity index (χ2n) is 3.14. The minimum atomic E-state index is -0.345. The fraction of sp³-hybridized carbons (Fsp3) is 0.500. The van der Waals surface area contributed by atoms with E-state index in [9.17, 15) is 9.59 Å². The molecule has 1 amide bonds. The van der Waals surface area contributed by atoms with Gasteiger partial charge in [-0.05, 0) is 6.42 Å². The van der Waals surface area contributed by atoms with Gasteiger partial charge in [-0.15, -0.1) is 5.73 Å². The summed E-state index contributed by atoms with van der Waals surface area (Å²) in [5.74, 6) is -0.326. The first kappa shape index (κ1) is 10.5. The van der Waals surface area contributed by atoms with Gasteiger partial charge in [0.25, 0.3) is 0 Å². The third kappa shape index (κ3) is 2.75. The van der Waals surface area contributed by atoms with Gasteiger partial charge in [0.1, 0.15) is 6.61 Å². The first-order chi connectivity index (χ1) is 6.63. The molecule has 0 aliphatic carbocycles. The van der Waals surface area contributed by atoms with E-state index < -0.39 is 0 Å². The van der Waals surface area contributed by atoms with Crippen molar-refractivity contribution in [3.8, 4) is 0 Å². The van der Waals surface area contributed by atoms with Gasteiger partial charge in [-0.3, -0.25) is 9.59 Å². The maximum atomic E-state index is 10.9. The lowest BCUT2D eigenvalue weighted by atomic mass is 10.1. The molecule has 0 bridgehead atoms. The summed E-state index contributed by atoms with van der Waals surface area (Å²) in [5, 5.41) is 2.76. The molecule has 0 aromatic heterocycles. The molecule has 1 fully saturated rings. The Kier molecular flexibility index (Phi) is 3.48. The molecule has 76 valence electrons. The standard InChI is InChI=1S/C10H13NO3/c1-3-8(6-14-7(2)12)9-4-5-10(13)11-9/h9H,1,4-6H2,2H3,(H,11,13)/t9-/m0/s1. The zero-order chi connectivity index (χ0) is 10.6. The molecule has 1 N–H and O–H groups in total. The Morgan fingerprint density at radius 2 is 2.50 bits per heavy atom. The van der Waals surface area contributed by atoms with Gasteiger partial charge < -0.3 is 10.1 Å². The highest BCUT2D eigenvalue weighted by Crippen LogP contribution is 2.14. The number of rotatable bonds is 3. The van der Waals surface area contributed by atoms with Crippen LogP contribution in [0, 0.1) is 0 Å². The normalized spacial score (nSPS) is 19.8. The summed E-state index contributed by atoms with van der Waals surface area (Å²) in [6.07, 6.45) is 1.23. The second-order valence-corrected chi connectivity index (χ2v) is 3.14. The van der Waals surface area contributed by atoms with Gasteiger partial charge in [0.2, 0.25) is 5.91 Å². The van der Waals surface area contributed by atoms with Gasteiger partial charge in [-0.25, -0.2) is 0 Å².